The third kappa shape index (κ3) is 4.38. The maximum atomic E-state index is 14.0. The predicted octanol–water partition coefficient (Wildman–Crippen LogP) is 6.36. The average molecular weight is 475 g/mol. The summed E-state index contributed by atoms with van der Waals surface area (Å²) in [6.07, 6.45) is -0.137. The van der Waals surface area contributed by atoms with E-state index in [0.717, 1.165) is 12.0 Å². The van der Waals surface area contributed by atoms with Crippen molar-refractivity contribution >= 4 is 17.3 Å². The van der Waals surface area contributed by atoms with Crippen LogP contribution in [-0.4, -0.2) is 23.5 Å². The number of hydrogen-bond acceptors (Lipinski definition) is 4. The maximum absolute atomic E-state index is 14.0. The molecule has 4 nitrogen and oxygen atoms in total. The van der Waals surface area contributed by atoms with Crippen molar-refractivity contribution in [1.82, 2.24) is 0 Å². The van der Waals surface area contributed by atoms with Crippen molar-refractivity contribution in [3.05, 3.63) is 137 Å². The van der Waals surface area contributed by atoms with Gasteiger partial charge in [-0.3, -0.25) is 14.4 Å². The molecule has 5 rings (SSSR count). The van der Waals surface area contributed by atoms with Gasteiger partial charge in [0, 0.05) is 28.2 Å². The maximum Gasteiger partial charge on any atom is 0.203 e. The number of fused-ring (bicyclic) bond motifs is 1. The Morgan fingerprint density at radius 1 is 0.667 bits per heavy atom. The minimum atomic E-state index is -1.12. The van der Waals surface area contributed by atoms with Gasteiger partial charge in [-0.1, -0.05) is 110 Å². The van der Waals surface area contributed by atoms with E-state index in [1.165, 1.54) is 0 Å². The fourth-order valence-electron chi connectivity index (χ4n) is 4.89. The lowest BCUT2D eigenvalue weighted by atomic mass is 9.74. The van der Waals surface area contributed by atoms with Gasteiger partial charge in [-0.05, 0) is 18.1 Å². The lowest BCUT2D eigenvalue weighted by Gasteiger charge is -2.26. The number of aryl methyl sites for hydroxylation is 1. The van der Waals surface area contributed by atoms with Gasteiger partial charge in [-0.2, -0.15) is 0 Å². The first kappa shape index (κ1) is 23.4. The Morgan fingerprint density at radius 2 is 1.19 bits per heavy atom. The molecule has 0 aromatic heterocycles. The minimum Gasteiger partial charge on any atom is -0.481 e. The minimum absolute atomic E-state index is 0.245. The average Bonchev–Trinajstić information content (AvgIpc) is 3.33. The highest BCUT2D eigenvalue weighted by atomic mass is 16.5. The number of ketones is 3. The summed E-state index contributed by atoms with van der Waals surface area (Å²) in [5.41, 5.74) is 3.16. The van der Waals surface area contributed by atoms with Gasteiger partial charge in [0.15, 0.2) is 17.7 Å². The van der Waals surface area contributed by atoms with Crippen molar-refractivity contribution in [3.63, 3.8) is 0 Å². The molecule has 1 aliphatic heterocycles. The normalized spacial score (nSPS) is 16.3. The van der Waals surface area contributed by atoms with Gasteiger partial charge in [0.2, 0.25) is 5.78 Å². The molecule has 0 saturated heterocycles. The molecule has 0 spiro atoms. The zero-order valence-electron chi connectivity index (χ0n) is 20.0. The number of benzene rings is 4. The second kappa shape index (κ2) is 10.1. The smallest absolute Gasteiger partial charge is 0.203 e. The molecule has 1 aliphatic rings. The van der Waals surface area contributed by atoms with E-state index in [1.807, 2.05) is 42.5 Å². The van der Waals surface area contributed by atoms with E-state index in [-0.39, 0.29) is 17.3 Å². The van der Waals surface area contributed by atoms with Crippen LogP contribution in [0.3, 0.4) is 0 Å². The van der Waals surface area contributed by atoms with E-state index in [0.29, 0.717) is 28.0 Å². The highest BCUT2D eigenvalue weighted by Crippen LogP contribution is 2.45. The molecule has 2 unspecified atom stereocenters. The summed E-state index contributed by atoms with van der Waals surface area (Å²) in [5, 5.41) is 0. The van der Waals surface area contributed by atoms with Crippen LogP contribution in [0, 0.1) is 5.92 Å². The molecular formula is C32H26O4. The summed E-state index contributed by atoms with van der Waals surface area (Å²) in [6, 6.07) is 32.3. The fraction of sp³-hybridized carbons (Fsp3) is 0.156. The molecule has 0 amide bonds. The molecule has 4 aromatic carbocycles. The van der Waals surface area contributed by atoms with Crippen LogP contribution in [0.4, 0.5) is 0 Å². The van der Waals surface area contributed by atoms with Gasteiger partial charge in [0.05, 0.1) is 5.92 Å². The quantitative estimate of drug-likeness (QED) is 0.220. The van der Waals surface area contributed by atoms with Crippen LogP contribution >= 0.6 is 0 Å². The Kier molecular flexibility index (Phi) is 6.59. The second-order valence-corrected chi connectivity index (χ2v) is 8.96. The number of rotatable bonds is 8. The Labute approximate surface area is 210 Å². The standard InChI is InChI=1S/C32H26O4/c1-2-21-17-19-24(20-18-21)31(35)32-27(25-15-9-10-16-26(25)36-32)28(29(33)22-11-5-3-6-12-22)30(34)23-13-7-4-8-14-23/h3-20,27-28,32H,2H2,1H3. The van der Waals surface area contributed by atoms with Crippen molar-refractivity contribution in [2.24, 2.45) is 5.92 Å². The molecule has 0 N–H and O–H groups in total. The summed E-state index contributed by atoms with van der Waals surface area (Å²) in [6.45, 7) is 2.05. The number of para-hydroxylation sites is 1. The molecule has 0 saturated carbocycles. The van der Waals surface area contributed by atoms with Crippen LogP contribution in [-0.2, 0) is 6.42 Å². The first-order valence-electron chi connectivity index (χ1n) is 12.2. The van der Waals surface area contributed by atoms with Gasteiger partial charge < -0.3 is 4.74 Å². The molecule has 4 aromatic rings. The van der Waals surface area contributed by atoms with Crippen LogP contribution in [0.15, 0.2) is 109 Å². The van der Waals surface area contributed by atoms with Gasteiger partial charge in [0.1, 0.15) is 5.75 Å². The summed E-state index contributed by atoms with van der Waals surface area (Å²) < 4.78 is 6.19. The van der Waals surface area contributed by atoms with Crippen molar-refractivity contribution in [3.8, 4) is 5.75 Å². The zero-order valence-corrected chi connectivity index (χ0v) is 20.0. The predicted molar refractivity (Wildman–Crippen MR) is 139 cm³/mol. The van der Waals surface area contributed by atoms with Crippen LogP contribution in [0.25, 0.3) is 0 Å². The Balaban J connectivity index is 1.63. The topological polar surface area (TPSA) is 60.4 Å². The van der Waals surface area contributed by atoms with Crippen molar-refractivity contribution in [1.29, 1.82) is 0 Å². The van der Waals surface area contributed by atoms with E-state index < -0.39 is 17.9 Å². The molecule has 0 bridgehead atoms. The van der Waals surface area contributed by atoms with Gasteiger partial charge >= 0.3 is 0 Å². The molecule has 4 heteroatoms. The molecule has 178 valence electrons. The van der Waals surface area contributed by atoms with Crippen LogP contribution in [0.2, 0.25) is 0 Å². The summed E-state index contributed by atoms with van der Waals surface area (Å²) in [7, 11) is 0. The monoisotopic (exact) mass is 474 g/mol. The van der Waals surface area contributed by atoms with Crippen molar-refractivity contribution < 1.29 is 19.1 Å². The summed E-state index contributed by atoms with van der Waals surface area (Å²) in [5.74, 6) is -2.26. The number of ether oxygens (including phenoxy) is 1. The van der Waals surface area contributed by atoms with E-state index in [1.54, 1.807) is 66.7 Å². The van der Waals surface area contributed by atoms with Gasteiger partial charge in [-0.15, -0.1) is 0 Å². The third-order valence-electron chi connectivity index (χ3n) is 6.80. The Morgan fingerprint density at radius 3 is 1.75 bits per heavy atom. The molecule has 36 heavy (non-hydrogen) atoms. The molecule has 1 heterocycles. The Hall–Kier alpha value is -4.31. The lowest BCUT2D eigenvalue weighted by Crippen LogP contribution is -2.40. The SMILES string of the molecule is CCc1ccc(C(=O)C2Oc3ccccc3C2C(C(=O)c2ccccc2)C(=O)c2ccccc2)cc1. The summed E-state index contributed by atoms with van der Waals surface area (Å²) >= 11 is 0. The van der Waals surface area contributed by atoms with Crippen LogP contribution in [0.5, 0.6) is 5.75 Å². The highest BCUT2D eigenvalue weighted by Gasteiger charge is 2.49. The highest BCUT2D eigenvalue weighted by molar-refractivity contribution is 6.17. The second-order valence-electron chi connectivity index (χ2n) is 8.96. The van der Waals surface area contributed by atoms with Gasteiger partial charge in [0.25, 0.3) is 0 Å². The van der Waals surface area contributed by atoms with Crippen LogP contribution < -0.4 is 4.74 Å². The van der Waals surface area contributed by atoms with E-state index >= 15 is 0 Å². The largest absolute Gasteiger partial charge is 0.481 e. The van der Waals surface area contributed by atoms with Crippen molar-refractivity contribution in [2.45, 2.75) is 25.4 Å². The van der Waals surface area contributed by atoms with E-state index in [4.69, 9.17) is 4.74 Å². The van der Waals surface area contributed by atoms with Crippen molar-refractivity contribution in [2.75, 3.05) is 0 Å². The Bertz CT molecular complexity index is 1340. The fourth-order valence-corrected chi connectivity index (χ4v) is 4.89. The van der Waals surface area contributed by atoms with E-state index in [9.17, 15) is 14.4 Å². The van der Waals surface area contributed by atoms with Crippen LogP contribution in [0.1, 0.15) is 55.0 Å². The number of hydrogen-bond donors (Lipinski definition) is 0. The molecule has 0 fully saturated rings. The molecular weight excluding hydrogens is 448 g/mol. The zero-order chi connectivity index (χ0) is 25.1. The number of carbonyl (C=O) groups excluding carboxylic acids is 3. The summed E-state index contributed by atoms with van der Waals surface area (Å²) in [4.78, 5) is 41.7. The molecule has 0 aliphatic carbocycles. The number of Topliss-reactive ketones (excluding diaryl/α,β-unsaturated/α-hetero) is 3. The molecule has 0 radical (unpaired) electrons. The first-order chi connectivity index (χ1) is 17.6. The van der Waals surface area contributed by atoms with Gasteiger partial charge in [-0.25, -0.2) is 0 Å². The molecule has 2 atom stereocenters. The number of carbonyl (C=O) groups is 3. The lowest BCUT2D eigenvalue weighted by molar-refractivity contribution is 0.0669. The first-order valence-corrected chi connectivity index (χ1v) is 12.2. The van der Waals surface area contributed by atoms with E-state index in [2.05, 4.69) is 6.92 Å². The third-order valence-corrected chi connectivity index (χ3v) is 6.80.